The van der Waals surface area contributed by atoms with Gasteiger partial charge in [0.05, 0.1) is 18.1 Å². The Kier molecular flexibility index (Phi) is 5.25. The molecule has 0 unspecified atom stereocenters. The maximum atomic E-state index is 12.7. The molecule has 3 nitrogen and oxygen atoms in total. The van der Waals surface area contributed by atoms with E-state index < -0.39 is 12.1 Å². The van der Waals surface area contributed by atoms with Crippen molar-refractivity contribution in [1.29, 1.82) is 0 Å². The summed E-state index contributed by atoms with van der Waals surface area (Å²) in [4.78, 5) is 12.6. The number of carbonyl (C=O) groups is 1. The van der Waals surface area contributed by atoms with Gasteiger partial charge in [0.2, 0.25) is 0 Å². The van der Waals surface area contributed by atoms with Crippen LogP contribution in [0.1, 0.15) is 54.4 Å². The van der Waals surface area contributed by atoms with E-state index in [0.717, 1.165) is 18.4 Å². The number of ether oxygens (including phenoxy) is 1. The van der Waals surface area contributed by atoms with Gasteiger partial charge in [-0.05, 0) is 63.5 Å². The molecule has 0 heterocycles. The van der Waals surface area contributed by atoms with E-state index in [-0.39, 0.29) is 24.8 Å². The topological polar surface area (TPSA) is 38.3 Å². The first-order valence-corrected chi connectivity index (χ1v) is 8.94. The van der Waals surface area contributed by atoms with E-state index in [9.17, 15) is 18.0 Å². The molecule has 3 rings (SSSR count). The summed E-state index contributed by atoms with van der Waals surface area (Å²) >= 11 is 0. The van der Waals surface area contributed by atoms with Crippen molar-refractivity contribution >= 4 is 5.91 Å². The van der Waals surface area contributed by atoms with Crippen LogP contribution in [0.3, 0.4) is 0 Å². The number of rotatable bonds is 5. The third-order valence-corrected chi connectivity index (χ3v) is 5.08. The fraction of sp³-hybridized carbons (Fsp3) is 0.632. The highest BCUT2D eigenvalue weighted by Gasteiger charge is 2.41. The van der Waals surface area contributed by atoms with Crippen molar-refractivity contribution in [2.75, 3.05) is 6.61 Å². The van der Waals surface area contributed by atoms with Gasteiger partial charge in [-0.3, -0.25) is 4.79 Å². The van der Waals surface area contributed by atoms with Crippen LogP contribution in [0, 0.1) is 18.8 Å². The minimum absolute atomic E-state index is 0.0767. The number of hydrogen-bond acceptors (Lipinski definition) is 2. The standard InChI is InChI=1S/C19H24F3NO2/c1-12-2-9-17(25-11-13-3-4-13)16(10-12)18(24)23-15-7-5-14(6-8-15)19(20,21)22/h2,9-10,13-15H,3-8,11H2,1H3,(H,23,24)/t14-,15-. The quantitative estimate of drug-likeness (QED) is 0.836. The van der Waals surface area contributed by atoms with Gasteiger partial charge in [0.1, 0.15) is 5.75 Å². The van der Waals surface area contributed by atoms with Crippen molar-refractivity contribution < 1.29 is 22.7 Å². The molecule has 1 N–H and O–H groups in total. The third-order valence-electron chi connectivity index (χ3n) is 5.08. The predicted octanol–water partition coefficient (Wildman–Crippen LogP) is 4.63. The molecule has 1 aromatic carbocycles. The number of alkyl halides is 3. The lowest BCUT2D eigenvalue weighted by atomic mass is 9.85. The Labute approximate surface area is 145 Å². The number of halogens is 3. The van der Waals surface area contributed by atoms with E-state index in [1.807, 2.05) is 13.0 Å². The van der Waals surface area contributed by atoms with E-state index >= 15 is 0 Å². The molecule has 0 bridgehead atoms. The minimum Gasteiger partial charge on any atom is -0.492 e. The Balaban J connectivity index is 1.60. The molecule has 0 radical (unpaired) electrons. The van der Waals surface area contributed by atoms with Gasteiger partial charge in [0.25, 0.3) is 5.91 Å². The SMILES string of the molecule is Cc1ccc(OCC2CC2)c(C(=O)N[C@H]2CC[C@H](C(F)(F)F)CC2)c1. The molecule has 2 aliphatic carbocycles. The summed E-state index contributed by atoms with van der Waals surface area (Å²) in [5, 5.41) is 2.89. The fourth-order valence-corrected chi connectivity index (χ4v) is 3.27. The van der Waals surface area contributed by atoms with Gasteiger partial charge in [-0.1, -0.05) is 11.6 Å². The smallest absolute Gasteiger partial charge is 0.391 e. The number of nitrogens with one attached hydrogen (secondary N) is 1. The van der Waals surface area contributed by atoms with Crippen molar-refractivity contribution in [1.82, 2.24) is 5.32 Å². The van der Waals surface area contributed by atoms with Crippen molar-refractivity contribution in [3.8, 4) is 5.75 Å². The second-order valence-corrected chi connectivity index (χ2v) is 7.32. The van der Waals surface area contributed by atoms with Crippen molar-refractivity contribution in [2.24, 2.45) is 11.8 Å². The first kappa shape index (κ1) is 18.1. The van der Waals surface area contributed by atoms with E-state index in [1.54, 1.807) is 12.1 Å². The largest absolute Gasteiger partial charge is 0.492 e. The van der Waals surface area contributed by atoms with E-state index in [1.165, 1.54) is 0 Å². The Bertz CT molecular complexity index is 618. The van der Waals surface area contributed by atoms with E-state index in [2.05, 4.69) is 5.32 Å². The summed E-state index contributed by atoms with van der Waals surface area (Å²) < 4.78 is 44.0. The summed E-state index contributed by atoms with van der Waals surface area (Å²) in [5.41, 5.74) is 1.42. The molecule has 2 aliphatic rings. The molecule has 0 aliphatic heterocycles. The Morgan fingerprint density at radius 3 is 2.44 bits per heavy atom. The lowest BCUT2D eigenvalue weighted by Gasteiger charge is -2.30. The van der Waals surface area contributed by atoms with Crippen LogP contribution in [0.25, 0.3) is 0 Å². The molecule has 1 amide bonds. The zero-order valence-electron chi connectivity index (χ0n) is 14.4. The normalized spacial score (nSPS) is 24.0. The summed E-state index contributed by atoms with van der Waals surface area (Å²) in [7, 11) is 0. The Morgan fingerprint density at radius 1 is 1.16 bits per heavy atom. The molecule has 0 spiro atoms. The lowest BCUT2D eigenvalue weighted by molar-refractivity contribution is -0.182. The number of hydrogen-bond donors (Lipinski definition) is 1. The molecular weight excluding hydrogens is 331 g/mol. The van der Waals surface area contributed by atoms with Gasteiger partial charge in [0.15, 0.2) is 0 Å². The Morgan fingerprint density at radius 2 is 1.84 bits per heavy atom. The van der Waals surface area contributed by atoms with Gasteiger partial charge in [0, 0.05) is 6.04 Å². The Hall–Kier alpha value is -1.72. The number of benzene rings is 1. The van der Waals surface area contributed by atoms with E-state index in [4.69, 9.17) is 4.74 Å². The van der Waals surface area contributed by atoms with Crippen LogP contribution < -0.4 is 10.1 Å². The van der Waals surface area contributed by atoms with E-state index in [0.29, 0.717) is 36.7 Å². The van der Waals surface area contributed by atoms with Crippen LogP contribution in [-0.4, -0.2) is 24.7 Å². The molecule has 0 aromatic heterocycles. The van der Waals surface area contributed by atoms with Crippen LogP contribution in [0.2, 0.25) is 0 Å². The number of aryl methyl sites for hydroxylation is 1. The van der Waals surface area contributed by atoms with Gasteiger partial charge in [-0.15, -0.1) is 0 Å². The molecule has 6 heteroatoms. The molecule has 0 saturated heterocycles. The molecule has 25 heavy (non-hydrogen) atoms. The summed E-state index contributed by atoms with van der Waals surface area (Å²) in [6, 6.07) is 5.27. The first-order valence-electron chi connectivity index (χ1n) is 8.94. The second kappa shape index (κ2) is 7.26. The highest BCUT2D eigenvalue weighted by Crippen LogP contribution is 2.37. The van der Waals surface area contributed by atoms with Crippen molar-refractivity contribution in [2.45, 2.75) is 57.7 Å². The molecule has 2 saturated carbocycles. The lowest BCUT2D eigenvalue weighted by Crippen LogP contribution is -2.40. The highest BCUT2D eigenvalue weighted by atomic mass is 19.4. The first-order chi connectivity index (χ1) is 11.8. The van der Waals surface area contributed by atoms with Gasteiger partial charge in [-0.2, -0.15) is 13.2 Å². The molecule has 0 atom stereocenters. The monoisotopic (exact) mass is 355 g/mol. The minimum atomic E-state index is -4.13. The maximum absolute atomic E-state index is 12.7. The summed E-state index contributed by atoms with van der Waals surface area (Å²) in [5.74, 6) is -0.365. The molecule has 2 fully saturated rings. The summed E-state index contributed by atoms with van der Waals surface area (Å²) in [6.45, 7) is 2.51. The number of amides is 1. The van der Waals surface area contributed by atoms with Crippen LogP contribution in [0.4, 0.5) is 13.2 Å². The van der Waals surface area contributed by atoms with Crippen LogP contribution in [-0.2, 0) is 0 Å². The summed E-state index contributed by atoms with van der Waals surface area (Å²) in [6.07, 6.45) is -0.929. The molecule has 1 aromatic rings. The van der Waals surface area contributed by atoms with Crippen molar-refractivity contribution in [3.05, 3.63) is 29.3 Å². The van der Waals surface area contributed by atoms with Gasteiger partial charge < -0.3 is 10.1 Å². The average Bonchev–Trinajstić information content (AvgIpc) is 3.37. The second-order valence-electron chi connectivity index (χ2n) is 7.32. The maximum Gasteiger partial charge on any atom is 0.391 e. The van der Waals surface area contributed by atoms with Crippen LogP contribution >= 0.6 is 0 Å². The average molecular weight is 355 g/mol. The fourth-order valence-electron chi connectivity index (χ4n) is 3.27. The highest BCUT2D eigenvalue weighted by molar-refractivity contribution is 5.97. The van der Waals surface area contributed by atoms with Gasteiger partial charge in [-0.25, -0.2) is 0 Å². The van der Waals surface area contributed by atoms with Crippen molar-refractivity contribution in [3.63, 3.8) is 0 Å². The molecule has 138 valence electrons. The zero-order valence-corrected chi connectivity index (χ0v) is 14.4. The third kappa shape index (κ3) is 4.89. The zero-order chi connectivity index (χ0) is 18.0. The molecular formula is C19H24F3NO2. The van der Waals surface area contributed by atoms with Gasteiger partial charge >= 0.3 is 6.18 Å². The van der Waals surface area contributed by atoms with Crippen LogP contribution in [0.15, 0.2) is 18.2 Å². The number of carbonyl (C=O) groups excluding carboxylic acids is 1. The van der Waals surface area contributed by atoms with Crippen LogP contribution in [0.5, 0.6) is 5.75 Å². The predicted molar refractivity (Wildman–Crippen MR) is 88.7 cm³/mol.